The number of guanidine groups is 1. The fourth-order valence-corrected chi connectivity index (χ4v) is 4.64. The first kappa shape index (κ1) is 21.8. The Bertz CT molecular complexity index is 762. The molecule has 1 aliphatic rings. The number of benzene rings is 1. The van der Waals surface area contributed by atoms with E-state index in [-0.39, 0.29) is 0 Å². The molecule has 0 radical (unpaired) electrons. The molecule has 1 fully saturated rings. The summed E-state index contributed by atoms with van der Waals surface area (Å²) in [6.07, 6.45) is 7.69. The Balaban J connectivity index is 1.61. The normalized spacial score (nSPS) is 19.7. The Morgan fingerprint density at radius 3 is 2.69 bits per heavy atom. The number of furan rings is 1. The van der Waals surface area contributed by atoms with E-state index in [1.807, 2.05) is 23.9 Å². The molecule has 2 unspecified atom stereocenters. The maximum Gasteiger partial charge on any atom is 0.191 e. The van der Waals surface area contributed by atoms with Crippen molar-refractivity contribution in [1.29, 1.82) is 0 Å². The summed E-state index contributed by atoms with van der Waals surface area (Å²) in [7, 11) is 2.12. The fourth-order valence-electron chi connectivity index (χ4n) is 3.84. The Morgan fingerprint density at radius 2 is 2.00 bits per heavy atom. The van der Waals surface area contributed by atoms with Gasteiger partial charge in [-0.3, -0.25) is 4.90 Å². The Hall–Kier alpha value is -1.92. The lowest BCUT2D eigenvalue weighted by Crippen LogP contribution is -2.42. The second-order valence-corrected chi connectivity index (χ2v) is 8.87. The summed E-state index contributed by atoms with van der Waals surface area (Å²) in [6.45, 7) is 5.34. The first-order valence-corrected chi connectivity index (χ1v) is 11.8. The molecule has 1 aromatic carbocycles. The van der Waals surface area contributed by atoms with E-state index in [9.17, 15) is 0 Å². The molecule has 6 heteroatoms. The molecule has 0 bridgehead atoms. The van der Waals surface area contributed by atoms with Crippen LogP contribution in [0.15, 0.2) is 52.1 Å². The molecule has 1 heterocycles. The molecule has 29 heavy (non-hydrogen) atoms. The van der Waals surface area contributed by atoms with Crippen LogP contribution < -0.4 is 10.6 Å². The lowest BCUT2D eigenvalue weighted by Gasteiger charge is -2.19. The van der Waals surface area contributed by atoms with Crippen molar-refractivity contribution in [2.75, 3.05) is 19.8 Å². The van der Waals surface area contributed by atoms with Crippen molar-refractivity contribution in [2.45, 2.75) is 57.1 Å². The smallest absolute Gasteiger partial charge is 0.191 e. The zero-order valence-corrected chi connectivity index (χ0v) is 18.7. The predicted molar refractivity (Wildman–Crippen MR) is 123 cm³/mol. The van der Waals surface area contributed by atoms with Gasteiger partial charge in [-0.25, -0.2) is 4.99 Å². The van der Waals surface area contributed by atoms with Gasteiger partial charge < -0.3 is 15.1 Å². The summed E-state index contributed by atoms with van der Waals surface area (Å²) in [4.78, 5) is 7.16. The van der Waals surface area contributed by atoms with Crippen molar-refractivity contribution < 1.29 is 4.42 Å². The van der Waals surface area contributed by atoms with Crippen LogP contribution in [0, 0.1) is 0 Å². The highest BCUT2D eigenvalue weighted by Crippen LogP contribution is 2.28. The number of nitrogens with one attached hydrogen (secondary N) is 2. The second-order valence-electron chi connectivity index (χ2n) is 7.73. The molecule has 0 aliphatic heterocycles. The lowest BCUT2D eigenvalue weighted by atomic mass is 10.1. The van der Waals surface area contributed by atoms with E-state index in [1.54, 1.807) is 6.26 Å². The SMILES string of the molecule is CCNC(=NCc1ccccc1CN(C)Cc1ccco1)NC1CCC(SC)C1. The lowest BCUT2D eigenvalue weighted by molar-refractivity contribution is 0.287. The number of hydrogen-bond donors (Lipinski definition) is 2. The zero-order valence-electron chi connectivity index (χ0n) is 17.9. The maximum absolute atomic E-state index is 5.48. The standard InChI is InChI=1S/C23H34N4OS/c1-4-24-23(26-20-11-12-22(14-20)29-3)25-15-18-8-5-6-9-19(18)16-27(2)17-21-10-7-13-28-21/h5-10,13,20,22H,4,11-12,14-17H2,1-3H3,(H2,24,25,26). The molecular formula is C23H34N4OS. The summed E-state index contributed by atoms with van der Waals surface area (Å²) in [5.74, 6) is 1.92. The monoisotopic (exact) mass is 414 g/mol. The summed E-state index contributed by atoms with van der Waals surface area (Å²) in [5.41, 5.74) is 2.58. The number of thioether (sulfide) groups is 1. The quantitative estimate of drug-likeness (QED) is 0.475. The van der Waals surface area contributed by atoms with E-state index in [1.165, 1.54) is 30.4 Å². The van der Waals surface area contributed by atoms with Crippen LogP contribution in [0.5, 0.6) is 0 Å². The van der Waals surface area contributed by atoms with E-state index in [0.29, 0.717) is 12.6 Å². The third-order valence-corrected chi connectivity index (χ3v) is 6.47. The van der Waals surface area contributed by atoms with Crippen LogP contribution in [0.2, 0.25) is 0 Å². The summed E-state index contributed by atoms with van der Waals surface area (Å²) >= 11 is 1.98. The van der Waals surface area contributed by atoms with Gasteiger partial charge in [-0.05, 0) is 62.7 Å². The minimum atomic E-state index is 0.528. The molecular weight excluding hydrogens is 380 g/mol. The van der Waals surface area contributed by atoms with Crippen molar-refractivity contribution in [1.82, 2.24) is 15.5 Å². The number of hydrogen-bond acceptors (Lipinski definition) is 4. The van der Waals surface area contributed by atoms with Crippen LogP contribution >= 0.6 is 11.8 Å². The zero-order chi connectivity index (χ0) is 20.5. The van der Waals surface area contributed by atoms with E-state index in [0.717, 1.165) is 36.6 Å². The van der Waals surface area contributed by atoms with Crippen LogP contribution in [-0.2, 0) is 19.6 Å². The first-order chi connectivity index (χ1) is 14.2. The minimum Gasteiger partial charge on any atom is -0.468 e. The molecule has 0 spiro atoms. The van der Waals surface area contributed by atoms with Crippen molar-refractivity contribution in [2.24, 2.45) is 4.99 Å². The maximum atomic E-state index is 5.48. The van der Waals surface area contributed by atoms with Gasteiger partial charge in [0.1, 0.15) is 5.76 Å². The van der Waals surface area contributed by atoms with Gasteiger partial charge in [-0.1, -0.05) is 24.3 Å². The average molecular weight is 415 g/mol. The molecule has 0 amide bonds. The van der Waals surface area contributed by atoms with Crippen molar-refractivity contribution in [3.8, 4) is 0 Å². The van der Waals surface area contributed by atoms with E-state index >= 15 is 0 Å². The highest BCUT2D eigenvalue weighted by Gasteiger charge is 2.24. The van der Waals surface area contributed by atoms with Gasteiger partial charge in [0.25, 0.3) is 0 Å². The molecule has 158 valence electrons. The van der Waals surface area contributed by atoms with Crippen molar-refractivity contribution >= 4 is 17.7 Å². The molecule has 5 nitrogen and oxygen atoms in total. The van der Waals surface area contributed by atoms with Crippen LogP contribution in [0.4, 0.5) is 0 Å². The van der Waals surface area contributed by atoms with Crippen LogP contribution in [0.25, 0.3) is 0 Å². The van der Waals surface area contributed by atoms with Gasteiger partial charge in [-0.15, -0.1) is 0 Å². The molecule has 1 aromatic heterocycles. The van der Waals surface area contributed by atoms with Crippen LogP contribution in [0.1, 0.15) is 43.1 Å². The summed E-state index contributed by atoms with van der Waals surface area (Å²) < 4.78 is 5.48. The second kappa shape index (κ2) is 11.3. The number of rotatable bonds is 9. The largest absolute Gasteiger partial charge is 0.468 e. The number of nitrogens with zero attached hydrogens (tertiary/aromatic N) is 2. The van der Waals surface area contributed by atoms with E-state index < -0.39 is 0 Å². The summed E-state index contributed by atoms with van der Waals surface area (Å²) in [5, 5.41) is 7.83. The Labute approximate surface area is 179 Å². The van der Waals surface area contributed by atoms with Crippen LogP contribution in [-0.4, -0.2) is 42.0 Å². The van der Waals surface area contributed by atoms with Crippen LogP contribution in [0.3, 0.4) is 0 Å². The molecule has 2 aromatic rings. The predicted octanol–water partition coefficient (Wildman–Crippen LogP) is 4.25. The minimum absolute atomic E-state index is 0.528. The third-order valence-electron chi connectivity index (χ3n) is 5.37. The molecule has 0 saturated heterocycles. The average Bonchev–Trinajstić information content (AvgIpc) is 3.39. The highest BCUT2D eigenvalue weighted by atomic mass is 32.2. The molecule has 2 N–H and O–H groups in total. The Kier molecular flexibility index (Phi) is 8.50. The highest BCUT2D eigenvalue weighted by molar-refractivity contribution is 7.99. The fraction of sp³-hybridized carbons (Fsp3) is 0.522. The van der Waals surface area contributed by atoms with Gasteiger partial charge in [0.2, 0.25) is 0 Å². The first-order valence-electron chi connectivity index (χ1n) is 10.5. The molecule has 1 saturated carbocycles. The van der Waals surface area contributed by atoms with Crippen molar-refractivity contribution in [3.05, 3.63) is 59.5 Å². The number of aliphatic imine (C=N–C) groups is 1. The topological polar surface area (TPSA) is 52.8 Å². The van der Waals surface area contributed by atoms with Gasteiger partial charge in [0.15, 0.2) is 5.96 Å². The molecule has 1 aliphatic carbocycles. The van der Waals surface area contributed by atoms with Crippen molar-refractivity contribution in [3.63, 3.8) is 0 Å². The summed E-state index contributed by atoms with van der Waals surface area (Å²) in [6, 6.07) is 13.1. The van der Waals surface area contributed by atoms with Gasteiger partial charge in [0, 0.05) is 24.4 Å². The van der Waals surface area contributed by atoms with Gasteiger partial charge in [-0.2, -0.15) is 11.8 Å². The third kappa shape index (κ3) is 6.82. The molecule has 2 atom stereocenters. The van der Waals surface area contributed by atoms with E-state index in [4.69, 9.17) is 9.41 Å². The van der Waals surface area contributed by atoms with Gasteiger partial charge in [0.05, 0.1) is 19.4 Å². The molecule has 3 rings (SSSR count). The van der Waals surface area contributed by atoms with Gasteiger partial charge >= 0.3 is 0 Å². The Morgan fingerprint density at radius 1 is 1.17 bits per heavy atom. The van der Waals surface area contributed by atoms with E-state index in [2.05, 4.69) is 60.0 Å².